The van der Waals surface area contributed by atoms with Crippen LogP contribution in [0.4, 0.5) is 0 Å². The van der Waals surface area contributed by atoms with Crippen LogP contribution in [0.1, 0.15) is 25.3 Å². The lowest BCUT2D eigenvalue weighted by atomic mass is 9.79. The van der Waals surface area contributed by atoms with Crippen molar-refractivity contribution in [3.63, 3.8) is 0 Å². The fraction of sp³-hybridized carbons (Fsp3) is 0.357. The van der Waals surface area contributed by atoms with Gasteiger partial charge in [0.15, 0.2) is 0 Å². The second kappa shape index (κ2) is 4.64. The molecule has 1 aromatic carbocycles. The van der Waals surface area contributed by atoms with Crippen molar-refractivity contribution in [2.75, 3.05) is 0 Å². The molecule has 0 heterocycles. The molecule has 0 spiro atoms. The molecule has 2 rings (SSSR count). The summed E-state index contributed by atoms with van der Waals surface area (Å²) in [5.74, 6) is -0.0892. The number of halogens is 1. The van der Waals surface area contributed by atoms with Gasteiger partial charge in [-0.05, 0) is 37.5 Å². The van der Waals surface area contributed by atoms with Gasteiger partial charge in [0.2, 0.25) is 0 Å². The van der Waals surface area contributed by atoms with Crippen LogP contribution in [0.3, 0.4) is 0 Å². The average molecular weight is 292 g/mol. The van der Waals surface area contributed by atoms with Crippen LogP contribution >= 0.6 is 15.9 Å². The van der Waals surface area contributed by atoms with Crippen LogP contribution in [0.5, 0.6) is 0 Å². The first-order chi connectivity index (χ1) is 8.05. The summed E-state index contributed by atoms with van der Waals surface area (Å²) < 4.78 is 0.986. The summed E-state index contributed by atoms with van der Waals surface area (Å²) in [7, 11) is 0. The molecule has 0 radical (unpaired) electrons. The van der Waals surface area contributed by atoms with Gasteiger partial charge in [0.25, 0.3) is 0 Å². The Kier molecular flexibility index (Phi) is 3.37. The lowest BCUT2D eigenvalue weighted by Gasteiger charge is -2.31. The molecule has 0 aliphatic heterocycles. The van der Waals surface area contributed by atoms with E-state index in [9.17, 15) is 5.11 Å². The van der Waals surface area contributed by atoms with Gasteiger partial charge in [-0.2, -0.15) is 5.26 Å². The van der Waals surface area contributed by atoms with Crippen LogP contribution in [-0.4, -0.2) is 5.11 Å². The highest BCUT2D eigenvalue weighted by Crippen LogP contribution is 2.40. The SMILES string of the molecule is C[C@@](O)(c1ccc(Br)cc1)[C@@H]1CCC=C1C#N. The molecule has 0 bridgehead atoms. The van der Waals surface area contributed by atoms with E-state index in [1.54, 1.807) is 6.92 Å². The molecule has 1 aromatic rings. The van der Waals surface area contributed by atoms with Gasteiger partial charge in [0.05, 0.1) is 11.7 Å². The number of nitrogens with zero attached hydrogens (tertiary/aromatic N) is 1. The Hall–Kier alpha value is -1.11. The van der Waals surface area contributed by atoms with Crippen LogP contribution in [0.2, 0.25) is 0 Å². The van der Waals surface area contributed by atoms with E-state index in [1.165, 1.54) is 0 Å². The van der Waals surface area contributed by atoms with E-state index in [1.807, 2.05) is 30.3 Å². The number of allylic oxidation sites excluding steroid dienone is 1. The summed E-state index contributed by atoms with van der Waals surface area (Å²) in [6.45, 7) is 1.79. The van der Waals surface area contributed by atoms with E-state index < -0.39 is 5.60 Å². The first-order valence-corrected chi connectivity index (χ1v) is 6.43. The van der Waals surface area contributed by atoms with Gasteiger partial charge in [-0.25, -0.2) is 0 Å². The van der Waals surface area contributed by atoms with Crippen molar-refractivity contribution in [1.29, 1.82) is 5.26 Å². The number of benzene rings is 1. The topological polar surface area (TPSA) is 44.0 Å². The molecule has 2 atom stereocenters. The van der Waals surface area contributed by atoms with Crippen molar-refractivity contribution in [2.45, 2.75) is 25.4 Å². The predicted molar refractivity (Wildman–Crippen MR) is 70.1 cm³/mol. The van der Waals surface area contributed by atoms with Crippen molar-refractivity contribution in [3.8, 4) is 6.07 Å². The maximum atomic E-state index is 10.7. The lowest BCUT2D eigenvalue weighted by Crippen LogP contribution is -2.31. The molecule has 88 valence electrons. The molecule has 1 aliphatic carbocycles. The molecule has 1 N–H and O–H groups in total. The normalized spacial score (nSPS) is 22.7. The van der Waals surface area contributed by atoms with Crippen LogP contribution in [0.25, 0.3) is 0 Å². The molecule has 0 aromatic heterocycles. The minimum Gasteiger partial charge on any atom is -0.385 e. The zero-order valence-corrected chi connectivity index (χ0v) is 11.2. The van der Waals surface area contributed by atoms with Crippen molar-refractivity contribution in [3.05, 3.63) is 46.0 Å². The largest absolute Gasteiger partial charge is 0.385 e. The molecular weight excluding hydrogens is 278 g/mol. The highest BCUT2D eigenvalue weighted by atomic mass is 79.9. The fourth-order valence-electron chi connectivity index (χ4n) is 2.40. The van der Waals surface area contributed by atoms with E-state index in [-0.39, 0.29) is 5.92 Å². The van der Waals surface area contributed by atoms with Gasteiger partial charge in [-0.1, -0.05) is 34.1 Å². The van der Waals surface area contributed by atoms with E-state index >= 15 is 0 Å². The van der Waals surface area contributed by atoms with E-state index in [0.717, 1.165) is 22.9 Å². The third kappa shape index (κ3) is 2.29. The van der Waals surface area contributed by atoms with Gasteiger partial charge in [-0.15, -0.1) is 0 Å². The maximum Gasteiger partial charge on any atom is 0.0947 e. The first-order valence-electron chi connectivity index (χ1n) is 5.64. The molecular formula is C14H14BrNO. The molecule has 17 heavy (non-hydrogen) atoms. The summed E-state index contributed by atoms with van der Waals surface area (Å²) in [5.41, 5.74) is 0.588. The number of hydrogen-bond donors (Lipinski definition) is 1. The Morgan fingerprint density at radius 1 is 1.41 bits per heavy atom. The van der Waals surface area contributed by atoms with Crippen molar-refractivity contribution in [2.24, 2.45) is 5.92 Å². The molecule has 0 unspecified atom stereocenters. The van der Waals surface area contributed by atoms with Crippen LogP contribution in [0.15, 0.2) is 40.4 Å². The Morgan fingerprint density at radius 2 is 2.06 bits per heavy atom. The van der Waals surface area contributed by atoms with Crippen molar-refractivity contribution < 1.29 is 5.11 Å². The molecule has 0 amide bonds. The predicted octanol–water partition coefficient (Wildman–Crippen LogP) is 3.52. The Balaban J connectivity index is 2.33. The molecule has 0 fully saturated rings. The fourth-order valence-corrected chi connectivity index (χ4v) is 2.66. The zero-order chi connectivity index (χ0) is 12.5. The molecule has 1 aliphatic rings. The van der Waals surface area contributed by atoms with Gasteiger partial charge >= 0.3 is 0 Å². The van der Waals surface area contributed by atoms with Gasteiger partial charge in [0, 0.05) is 16.0 Å². The van der Waals surface area contributed by atoms with Crippen LogP contribution in [-0.2, 0) is 5.60 Å². The third-order valence-electron chi connectivity index (χ3n) is 3.43. The number of aliphatic hydroxyl groups is 1. The molecule has 3 heteroatoms. The number of nitriles is 1. The highest BCUT2D eigenvalue weighted by molar-refractivity contribution is 9.10. The van der Waals surface area contributed by atoms with Gasteiger partial charge in [-0.3, -0.25) is 0 Å². The average Bonchev–Trinajstić information content (AvgIpc) is 2.78. The van der Waals surface area contributed by atoms with Crippen LogP contribution in [0, 0.1) is 17.2 Å². The molecule has 0 saturated carbocycles. The minimum absolute atomic E-state index is 0.0892. The number of rotatable bonds is 2. The second-order valence-electron chi connectivity index (χ2n) is 4.56. The second-order valence-corrected chi connectivity index (χ2v) is 5.47. The Labute approximate surface area is 110 Å². The lowest BCUT2D eigenvalue weighted by molar-refractivity contribution is 0.0108. The highest BCUT2D eigenvalue weighted by Gasteiger charge is 2.37. The standard InChI is InChI=1S/C14H14BrNO/c1-14(17,11-5-7-12(15)8-6-11)13-4-2-3-10(13)9-16/h3,5-8,13,17H,2,4H2,1H3/t13-,14-/m1/s1. The van der Waals surface area contributed by atoms with E-state index in [4.69, 9.17) is 5.26 Å². The Morgan fingerprint density at radius 3 is 2.65 bits per heavy atom. The Bertz CT molecular complexity index is 482. The smallest absolute Gasteiger partial charge is 0.0947 e. The van der Waals surface area contributed by atoms with Crippen molar-refractivity contribution >= 4 is 15.9 Å². The van der Waals surface area contributed by atoms with E-state index in [2.05, 4.69) is 22.0 Å². The monoisotopic (exact) mass is 291 g/mol. The molecule has 0 saturated heterocycles. The third-order valence-corrected chi connectivity index (χ3v) is 3.96. The first kappa shape index (κ1) is 12.3. The minimum atomic E-state index is -0.973. The summed E-state index contributed by atoms with van der Waals surface area (Å²) in [4.78, 5) is 0. The van der Waals surface area contributed by atoms with Gasteiger partial charge < -0.3 is 5.11 Å². The van der Waals surface area contributed by atoms with Crippen LogP contribution < -0.4 is 0 Å². The summed E-state index contributed by atoms with van der Waals surface area (Å²) >= 11 is 3.38. The quantitative estimate of drug-likeness (QED) is 0.906. The van der Waals surface area contributed by atoms with Crippen molar-refractivity contribution in [1.82, 2.24) is 0 Å². The summed E-state index contributed by atoms with van der Waals surface area (Å²) in [6, 6.07) is 9.82. The van der Waals surface area contributed by atoms with E-state index in [0.29, 0.717) is 5.57 Å². The molecule has 2 nitrogen and oxygen atoms in total. The maximum absolute atomic E-state index is 10.7. The summed E-state index contributed by atoms with van der Waals surface area (Å²) in [5, 5.41) is 19.7. The summed E-state index contributed by atoms with van der Waals surface area (Å²) in [6.07, 6.45) is 3.64. The van der Waals surface area contributed by atoms with Gasteiger partial charge in [0.1, 0.15) is 0 Å². The number of hydrogen-bond acceptors (Lipinski definition) is 2. The zero-order valence-electron chi connectivity index (χ0n) is 9.65.